The van der Waals surface area contributed by atoms with Gasteiger partial charge in [0.05, 0.1) is 18.3 Å². The van der Waals surface area contributed by atoms with Crippen LogP contribution in [0.2, 0.25) is 10.0 Å². The number of hydrogen-bond acceptors (Lipinski definition) is 4. The molecule has 4 aromatic rings. The third kappa shape index (κ3) is 5.32. The van der Waals surface area contributed by atoms with Crippen LogP contribution >= 0.6 is 35.8 Å². The summed E-state index contributed by atoms with van der Waals surface area (Å²) in [5, 5.41) is 3.87. The summed E-state index contributed by atoms with van der Waals surface area (Å²) in [4.78, 5) is 18.3. The van der Waals surface area contributed by atoms with Crippen molar-refractivity contribution in [1.29, 1.82) is 0 Å². The average molecular weight is 523 g/mol. The van der Waals surface area contributed by atoms with Gasteiger partial charge in [0.1, 0.15) is 5.75 Å². The smallest absolute Gasteiger partial charge is 0.262 e. The van der Waals surface area contributed by atoms with E-state index in [1.54, 1.807) is 41.4 Å². The highest BCUT2D eigenvalue weighted by Crippen LogP contribution is 2.31. The number of rotatable bonds is 6. The molecule has 0 bridgehead atoms. The highest BCUT2D eigenvalue weighted by Gasteiger charge is 2.21. The lowest BCUT2D eigenvalue weighted by Gasteiger charge is -2.08. The first-order valence-corrected chi connectivity index (χ1v) is 12.2. The van der Waals surface area contributed by atoms with Crippen molar-refractivity contribution < 1.29 is 9.53 Å². The summed E-state index contributed by atoms with van der Waals surface area (Å²) in [5.74, 6) is 0.605. The Hall–Kier alpha value is -2.99. The van der Waals surface area contributed by atoms with Crippen molar-refractivity contribution in [3.8, 4) is 5.75 Å². The van der Waals surface area contributed by atoms with Crippen molar-refractivity contribution in [1.82, 2.24) is 4.57 Å². The van der Waals surface area contributed by atoms with Crippen LogP contribution in [0.3, 0.4) is 0 Å². The van der Waals surface area contributed by atoms with E-state index in [2.05, 4.69) is 12.6 Å². The van der Waals surface area contributed by atoms with Crippen molar-refractivity contribution in [2.24, 2.45) is 4.99 Å². The van der Waals surface area contributed by atoms with Gasteiger partial charge in [-0.25, -0.2) is 0 Å². The summed E-state index contributed by atoms with van der Waals surface area (Å²) >= 11 is 16.4. The Morgan fingerprint density at radius 2 is 1.60 bits per heavy atom. The monoisotopic (exact) mass is 522 g/mol. The summed E-state index contributed by atoms with van der Waals surface area (Å²) < 4.78 is 7.22. The maximum atomic E-state index is 13.5. The normalized spacial score (nSPS) is 12.3. The molecule has 0 aliphatic heterocycles. The minimum absolute atomic E-state index is 0.118. The molecule has 0 aliphatic carbocycles. The molecule has 1 heterocycles. The van der Waals surface area contributed by atoms with Crippen LogP contribution in [0.4, 0.5) is 0 Å². The first kappa shape index (κ1) is 25.1. The molecular weight excluding hydrogens is 499 g/mol. The lowest BCUT2D eigenvalue weighted by molar-refractivity contribution is 0.0963. The largest absolute Gasteiger partial charge is 0.497 e. The fourth-order valence-electron chi connectivity index (χ4n) is 4.09. The molecule has 4 nitrogen and oxygen atoms in total. The zero-order valence-corrected chi connectivity index (χ0v) is 22.0. The molecule has 35 heavy (non-hydrogen) atoms. The van der Waals surface area contributed by atoms with Crippen LogP contribution in [0.15, 0.2) is 77.1 Å². The van der Waals surface area contributed by atoms with Crippen molar-refractivity contribution in [3.05, 3.63) is 105 Å². The van der Waals surface area contributed by atoms with Crippen LogP contribution in [0.1, 0.15) is 34.1 Å². The fourth-order valence-corrected chi connectivity index (χ4v) is 4.54. The molecule has 0 aliphatic rings. The number of nitrogens with zero attached hydrogens (tertiary/aromatic N) is 2. The molecule has 1 aromatic heterocycles. The molecule has 0 unspecified atom stereocenters. The number of ether oxygens (including phenoxy) is 1. The van der Waals surface area contributed by atoms with Crippen molar-refractivity contribution >= 4 is 64.0 Å². The van der Waals surface area contributed by atoms with Crippen LogP contribution in [-0.2, 0) is 6.42 Å². The SMILES string of the molecule is COc1ccc2c(c1)c(CC(C)=N/C(=C\S)c1ccc(Cl)cc1)c(C)n2C(=O)c1ccc(Cl)cc1. The number of halogens is 2. The summed E-state index contributed by atoms with van der Waals surface area (Å²) in [6.07, 6.45) is 0.551. The standard InChI is InChI=1S/C28H24Cl2N2O2S/c1-17(31-26(16-35)19-4-8-21(29)9-5-19)14-24-18(2)32(27-13-12-23(34-3)15-25(24)27)28(33)20-6-10-22(30)11-7-20/h4-13,15-16,35H,14H2,1-3H3/b26-16-,31-17?. The van der Waals surface area contributed by atoms with E-state index in [1.807, 2.05) is 56.3 Å². The van der Waals surface area contributed by atoms with Gasteiger partial charge in [-0.3, -0.25) is 14.4 Å². The van der Waals surface area contributed by atoms with Gasteiger partial charge in [-0.2, -0.15) is 0 Å². The van der Waals surface area contributed by atoms with E-state index in [9.17, 15) is 4.79 Å². The minimum Gasteiger partial charge on any atom is -0.497 e. The number of methoxy groups -OCH3 is 1. The zero-order chi connectivity index (χ0) is 25.1. The Balaban J connectivity index is 1.78. The molecule has 0 spiro atoms. The second-order valence-electron chi connectivity index (χ2n) is 8.14. The minimum atomic E-state index is -0.118. The van der Waals surface area contributed by atoms with Gasteiger partial charge in [-0.05, 0) is 79.4 Å². The zero-order valence-electron chi connectivity index (χ0n) is 19.5. The Kier molecular flexibility index (Phi) is 7.70. The molecule has 3 aromatic carbocycles. The highest BCUT2D eigenvalue weighted by atomic mass is 35.5. The third-order valence-electron chi connectivity index (χ3n) is 5.84. The fraction of sp³-hybridized carbons (Fsp3) is 0.143. The molecular formula is C28H24Cl2N2O2S. The molecule has 0 saturated carbocycles. The molecule has 0 fully saturated rings. The van der Waals surface area contributed by atoms with Gasteiger partial charge in [0.25, 0.3) is 5.91 Å². The van der Waals surface area contributed by atoms with Crippen LogP contribution in [0.25, 0.3) is 16.6 Å². The van der Waals surface area contributed by atoms with E-state index in [0.717, 1.165) is 44.9 Å². The van der Waals surface area contributed by atoms with Crippen molar-refractivity contribution in [2.45, 2.75) is 20.3 Å². The second-order valence-corrected chi connectivity index (χ2v) is 9.27. The van der Waals surface area contributed by atoms with E-state index in [-0.39, 0.29) is 5.91 Å². The Labute approximate surface area is 220 Å². The van der Waals surface area contributed by atoms with Gasteiger partial charge < -0.3 is 4.74 Å². The average Bonchev–Trinajstić information content (AvgIpc) is 3.13. The maximum absolute atomic E-state index is 13.5. The lowest BCUT2D eigenvalue weighted by atomic mass is 10.0. The van der Waals surface area contributed by atoms with E-state index in [4.69, 9.17) is 32.9 Å². The maximum Gasteiger partial charge on any atom is 0.262 e. The topological polar surface area (TPSA) is 43.6 Å². The van der Waals surface area contributed by atoms with Crippen LogP contribution < -0.4 is 4.74 Å². The summed E-state index contributed by atoms with van der Waals surface area (Å²) in [7, 11) is 1.63. The number of aliphatic imine (C=N–C) groups is 1. The Bertz CT molecular complexity index is 1450. The molecule has 0 saturated heterocycles. The number of carbonyl (C=O) groups is 1. The van der Waals surface area contributed by atoms with E-state index < -0.39 is 0 Å². The van der Waals surface area contributed by atoms with Crippen LogP contribution in [-0.4, -0.2) is 23.3 Å². The van der Waals surface area contributed by atoms with Crippen molar-refractivity contribution in [2.75, 3.05) is 7.11 Å². The van der Waals surface area contributed by atoms with E-state index in [0.29, 0.717) is 22.0 Å². The molecule has 0 atom stereocenters. The molecule has 7 heteroatoms. The van der Waals surface area contributed by atoms with Gasteiger partial charge in [0.2, 0.25) is 0 Å². The summed E-state index contributed by atoms with van der Waals surface area (Å²) in [5.41, 5.74) is 5.77. The molecule has 178 valence electrons. The molecule has 0 radical (unpaired) electrons. The predicted octanol–water partition coefficient (Wildman–Crippen LogP) is 7.89. The predicted molar refractivity (Wildman–Crippen MR) is 150 cm³/mol. The summed E-state index contributed by atoms with van der Waals surface area (Å²) in [6, 6.07) is 20.1. The van der Waals surface area contributed by atoms with E-state index >= 15 is 0 Å². The van der Waals surface area contributed by atoms with Crippen LogP contribution in [0, 0.1) is 6.92 Å². The third-order valence-corrected chi connectivity index (χ3v) is 6.59. The molecule has 4 rings (SSSR count). The molecule has 0 amide bonds. The first-order valence-electron chi connectivity index (χ1n) is 10.9. The van der Waals surface area contributed by atoms with Crippen LogP contribution in [0.5, 0.6) is 5.75 Å². The van der Waals surface area contributed by atoms with Gasteiger partial charge in [0.15, 0.2) is 0 Å². The number of hydrogen-bond donors (Lipinski definition) is 1. The number of benzene rings is 3. The van der Waals surface area contributed by atoms with Gasteiger partial charge >= 0.3 is 0 Å². The van der Waals surface area contributed by atoms with Crippen molar-refractivity contribution in [3.63, 3.8) is 0 Å². The first-order chi connectivity index (χ1) is 16.8. The van der Waals surface area contributed by atoms with Gasteiger partial charge in [0, 0.05) is 44.4 Å². The van der Waals surface area contributed by atoms with Gasteiger partial charge in [-0.1, -0.05) is 35.3 Å². The Morgan fingerprint density at radius 1 is 1.00 bits per heavy atom. The second kappa shape index (κ2) is 10.7. The summed E-state index contributed by atoms with van der Waals surface area (Å²) in [6.45, 7) is 3.93. The number of fused-ring (bicyclic) bond motifs is 1. The lowest BCUT2D eigenvalue weighted by Crippen LogP contribution is -2.14. The number of aromatic nitrogens is 1. The number of thiol groups is 1. The Morgan fingerprint density at radius 3 is 2.17 bits per heavy atom. The van der Waals surface area contributed by atoms with E-state index in [1.165, 1.54) is 0 Å². The highest BCUT2D eigenvalue weighted by molar-refractivity contribution is 7.83. The molecule has 0 N–H and O–H groups in total. The number of carbonyl (C=O) groups excluding carboxylic acids is 1. The van der Waals surface area contributed by atoms with Gasteiger partial charge in [-0.15, -0.1) is 12.6 Å². The quantitative estimate of drug-likeness (QED) is 0.206.